The van der Waals surface area contributed by atoms with Gasteiger partial charge < -0.3 is 9.80 Å². The van der Waals surface area contributed by atoms with E-state index in [-0.39, 0.29) is 11.9 Å². The van der Waals surface area contributed by atoms with Crippen molar-refractivity contribution in [1.29, 1.82) is 0 Å². The van der Waals surface area contributed by atoms with Crippen molar-refractivity contribution in [1.82, 2.24) is 29.6 Å². The lowest BCUT2D eigenvalue weighted by molar-refractivity contribution is -0.134. The Labute approximate surface area is 147 Å². The molecule has 0 unspecified atom stereocenters. The van der Waals surface area contributed by atoms with Crippen molar-refractivity contribution in [3.63, 3.8) is 0 Å². The van der Waals surface area contributed by atoms with Gasteiger partial charge in [-0.1, -0.05) is 13.8 Å². The summed E-state index contributed by atoms with van der Waals surface area (Å²) in [6.07, 6.45) is 3.03. The fourth-order valence-corrected chi connectivity index (χ4v) is 2.95. The summed E-state index contributed by atoms with van der Waals surface area (Å²) in [4.78, 5) is 29.9. The Hall–Kier alpha value is -2.51. The highest BCUT2D eigenvalue weighted by Crippen LogP contribution is 2.19. The molecule has 1 atom stereocenters. The number of hydrogen-bond donors (Lipinski definition) is 0. The number of amides is 1. The topological polar surface area (TPSA) is 80.0 Å². The maximum absolute atomic E-state index is 12.6. The Bertz CT molecular complexity index is 721. The molecule has 0 spiro atoms. The van der Waals surface area contributed by atoms with Crippen LogP contribution < -0.4 is 4.90 Å². The van der Waals surface area contributed by atoms with Gasteiger partial charge in [-0.3, -0.25) is 4.79 Å². The van der Waals surface area contributed by atoms with Crippen molar-refractivity contribution in [3.8, 4) is 0 Å². The summed E-state index contributed by atoms with van der Waals surface area (Å²) in [7, 11) is 0. The first kappa shape index (κ1) is 17.3. The van der Waals surface area contributed by atoms with Gasteiger partial charge in [0.15, 0.2) is 0 Å². The maximum Gasteiger partial charge on any atom is 0.247 e. The standard InChI is InChI=1S/C17H25N7O/c1-12(2)16-20-13(3)9-15(21-16)22-5-7-23(8-6-22)17(25)14(4)24-11-18-10-19-24/h9-12,14H,5-8H2,1-4H3/t14-/m1/s1. The lowest BCUT2D eigenvalue weighted by Gasteiger charge is -2.36. The second kappa shape index (κ2) is 7.16. The van der Waals surface area contributed by atoms with Crippen molar-refractivity contribution in [2.24, 2.45) is 0 Å². The van der Waals surface area contributed by atoms with E-state index in [4.69, 9.17) is 4.98 Å². The third kappa shape index (κ3) is 3.78. The van der Waals surface area contributed by atoms with Crippen molar-refractivity contribution < 1.29 is 4.79 Å². The summed E-state index contributed by atoms with van der Waals surface area (Å²) in [5.41, 5.74) is 0.979. The molecule has 0 saturated carbocycles. The fraction of sp³-hybridized carbons (Fsp3) is 0.588. The van der Waals surface area contributed by atoms with Crippen LogP contribution in [-0.4, -0.2) is 61.7 Å². The van der Waals surface area contributed by atoms with Crippen LogP contribution in [0.3, 0.4) is 0 Å². The predicted molar refractivity (Wildman–Crippen MR) is 94.4 cm³/mol. The minimum Gasteiger partial charge on any atom is -0.353 e. The number of piperazine rings is 1. The number of carbonyl (C=O) groups excluding carboxylic acids is 1. The Balaban J connectivity index is 1.65. The van der Waals surface area contributed by atoms with E-state index in [9.17, 15) is 4.79 Å². The summed E-state index contributed by atoms with van der Waals surface area (Å²) >= 11 is 0. The molecule has 0 bridgehead atoms. The number of rotatable bonds is 4. The number of nitrogens with zero attached hydrogens (tertiary/aromatic N) is 7. The van der Waals surface area contributed by atoms with Gasteiger partial charge in [0.05, 0.1) is 0 Å². The van der Waals surface area contributed by atoms with Gasteiger partial charge in [-0.05, 0) is 13.8 Å². The molecule has 25 heavy (non-hydrogen) atoms. The second-order valence-electron chi connectivity index (χ2n) is 6.74. The highest BCUT2D eigenvalue weighted by molar-refractivity contribution is 5.80. The van der Waals surface area contributed by atoms with Gasteiger partial charge in [0.1, 0.15) is 30.3 Å². The van der Waals surface area contributed by atoms with E-state index in [2.05, 4.69) is 33.8 Å². The molecule has 1 aliphatic heterocycles. The number of anilines is 1. The van der Waals surface area contributed by atoms with Crippen LogP contribution >= 0.6 is 0 Å². The predicted octanol–water partition coefficient (Wildman–Crippen LogP) is 1.41. The number of aryl methyl sites for hydroxylation is 1. The van der Waals surface area contributed by atoms with Gasteiger partial charge in [-0.15, -0.1) is 0 Å². The molecule has 8 nitrogen and oxygen atoms in total. The normalized spacial score (nSPS) is 16.4. The van der Waals surface area contributed by atoms with Crippen LogP contribution in [0.1, 0.15) is 44.2 Å². The van der Waals surface area contributed by atoms with E-state index in [1.807, 2.05) is 24.8 Å². The molecule has 1 aliphatic rings. The first-order valence-corrected chi connectivity index (χ1v) is 8.69. The van der Waals surface area contributed by atoms with E-state index in [1.165, 1.54) is 6.33 Å². The van der Waals surface area contributed by atoms with Gasteiger partial charge >= 0.3 is 0 Å². The molecule has 0 aliphatic carbocycles. The molecule has 1 fully saturated rings. The largest absolute Gasteiger partial charge is 0.353 e. The molecule has 134 valence electrons. The van der Waals surface area contributed by atoms with Crippen LogP contribution in [0.5, 0.6) is 0 Å². The molecule has 1 saturated heterocycles. The quantitative estimate of drug-likeness (QED) is 0.835. The SMILES string of the molecule is Cc1cc(N2CCN(C(=O)[C@@H](C)n3cncn3)CC2)nc(C(C)C)n1. The Morgan fingerprint density at radius 3 is 2.44 bits per heavy atom. The summed E-state index contributed by atoms with van der Waals surface area (Å²) in [6, 6.07) is 1.68. The van der Waals surface area contributed by atoms with Crippen LogP contribution in [0.4, 0.5) is 5.82 Å². The minimum atomic E-state index is -0.331. The molecular weight excluding hydrogens is 318 g/mol. The van der Waals surface area contributed by atoms with Gasteiger partial charge in [0.2, 0.25) is 5.91 Å². The third-order valence-electron chi connectivity index (χ3n) is 4.48. The van der Waals surface area contributed by atoms with Crippen molar-refractivity contribution in [3.05, 3.63) is 30.2 Å². The summed E-state index contributed by atoms with van der Waals surface area (Å²) in [5.74, 6) is 2.19. The lowest BCUT2D eigenvalue weighted by Crippen LogP contribution is -2.50. The summed E-state index contributed by atoms with van der Waals surface area (Å²) in [5, 5.41) is 4.06. The first-order chi connectivity index (χ1) is 12.0. The number of carbonyl (C=O) groups is 1. The fourth-order valence-electron chi connectivity index (χ4n) is 2.95. The average molecular weight is 343 g/mol. The smallest absolute Gasteiger partial charge is 0.247 e. The highest BCUT2D eigenvalue weighted by Gasteiger charge is 2.27. The van der Waals surface area contributed by atoms with Gasteiger partial charge in [-0.2, -0.15) is 5.10 Å². The zero-order chi connectivity index (χ0) is 18.0. The number of hydrogen-bond acceptors (Lipinski definition) is 6. The summed E-state index contributed by atoms with van der Waals surface area (Å²) in [6.45, 7) is 10.9. The van der Waals surface area contributed by atoms with Crippen molar-refractivity contribution in [2.45, 2.75) is 39.7 Å². The molecule has 3 heterocycles. The summed E-state index contributed by atoms with van der Waals surface area (Å²) < 4.78 is 1.59. The van der Waals surface area contributed by atoms with Gasteiger partial charge in [-0.25, -0.2) is 19.6 Å². The average Bonchev–Trinajstić information content (AvgIpc) is 3.14. The molecule has 0 aromatic carbocycles. The van der Waals surface area contributed by atoms with Crippen LogP contribution in [0.15, 0.2) is 18.7 Å². The molecule has 0 radical (unpaired) electrons. The Morgan fingerprint density at radius 2 is 1.84 bits per heavy atom. The van der Waals surface area contributed by atoms with E-state index in [0.717, 1.165) is 30.4 Å². The Morgan fingerprint density at radius 1 is 1.12 bits per heavy atom. The maximum atomic E-state index is 12.6. The monoisotopic (exact) mass is 343 g/mol. The lowest BCUT2D eigenvalue weighted by atomic mass is 10.2. The van der Waals surface area contributed by atoms with Crippen LogP contribution in [0.2, 0.25) is 0 Å². The highest BCUT2D eigenvalue weighted by atomic mass is 16.2. The van der Waals surface area contributed by atoms with Crippen molar-refractivity contribution >= 4 is 11.7 Å². The Kier molecular flexibility index (Phi) is 4.96. The van der Waals surface area contributed by atoms with Crippen LogP contribution in [0.25, 0.3) is 0 Å². The zero-order valence-electron chi connectivity index (χ0n) is 15.3. The minimum absolute atomic E-state index is 0.0758. The number of aromatic nitrogens is 5. The molecule has 2 aromatic rings. The molecule has 8 heteroatoms. The molecule has 0 N–H and O–H groups in total. The van der Waals surface area contributed by atoms with E-state index in [0.29, 0.717) is 19.0 Å². The third-order valence-corrected chi connectivity index (χ3v) is 4.48. The molecular formula is C17H25N7O. The molecule has 3 rings (SSSR count). The van der Waals surface area contributed by atoms with Crippen molar-refractivity contribution in [2.75, 3.05) is 31.1 Å². The zero-order valence-corrected chi connectivity index (χ0v) is 15.3. The van der Waals surface area contributed by atoms with Gasteiger partial charge in [0.25, 0.3) is 0 Å². The molecule has 1 amide bonds. The van der Waals surface area contributed by atoms with Gasteiger partial charge in [0, 0.05) is 43.9 Å². The second-order valence-corrected chi connectivity index (χ2v) is 6.74. The van der Waals surface area contributed by atoms with Crippen LogP contribution in [0, 0.1) is 6.92 Å². The van der Waals surface area contributed by atoms with E-state index < -0.39 is 0 Å². The molecule has 2 aromatic heterocycles. The van der Waals surface area contributed by atoms with E-state index >= 15 is 0 Å². The van der Waals surface area contributed by atoms with E-state index in [1.54, 1.807) is 11.0 Å². The first-order valence-electron chi connectivity index (χ1n) is 8.69. The van der Waals surface area contributed by atoms with Crippen LogP contribution in [-0.2, 0) is 4.79 Å².